The molecule has 0 aliphatic heterocycles. The van der Waals surface area contributed by atoms with Crippen molar-refractivity contribution in [2.24, 2.45) is 5.73 Å². The largest absolute Gasteiger partial charge is 0.458 e. The predicted octanol–water partition coefficient (Wildman–Crippen LogP) is 2.07. The van der Waals surface area contributed by atoms with Crippen LogP contribution in [-0.4, -0.2) is 18.5 Å². The molecule has 4 heteroatoms. The molecule has 0 aliphatic rings. The van der Waals surface area contributed by atoms with E-state index in [9.17, 15) is 9.59 Å². The van der Waals surface area contributed by atoms with Gasteiger partial charge in [0.15, 0.2) is 0 Å². The van der Waals surface area contributed by atoms with Gasteiger partial charge in [-0.1, -0.05) is 24.3 Å². The van der Waals surface area contributed by atoms with Gasteiger partial charge in [-0.05, 0) is 31.2 Å². The summed E-state index contributed by atoms with van der Waals surface area (Å²) in [5.74, 6) is -1.05. The summed E-state index contributed by atoms with van der Waals surface area (Å²) in [5.41, 5.74) is 5.72. The van der Waals surface area contributed by atoms with Gasteiger partial charge in [-0.2, -0.15) is 0 Å². The summed E-state index contributed by atoms with van der Waals surface area (Å²) in [4.78, 5) is 22.6. The van der Waals surface area contributed by atoms with Crippen molar-refractivity contribution < 1.29 is 14.3 Å². The van der Waals surface area contributed by atoms with E-state index in [-0.39, 0.29) is 12.2 Å². The summed E-state index contributed by atoms with van der Waals surface area (Å²) in [7, 11) is 0. The van der Waals surface area contributed by atoms with Crippen LogP contribution in [0.15, 0.2) is 48.6 Å². The predicted molar refractivity (Wildman–Crippen MR) is 69.2 cm³/mol. The Morgan fingerprint density at radius 3 is 2.67 bits per heavy atom. The number of nitrogens with two attached hydrogens (primary N) is 1. The second-order valence-electron chi connectivity index (χ2n) is 3.50. The molecule has 1 aromatic carbocycles. The zero-order valence-electron chi connectivity index (χ0n) is 10.1. The molecule has 0 unspecified atom stereocenters. The minimum atomic E-state index is -0.572. The lowest BCUT2D eigenvalue weighted by molar-refractivity contribution is 0.0549. The molecule has 1 aromatic rings. The van der Waals surface area contributed by atoms with Crippen LogP contribution in [0.2, 0.25) is 0 Å². The van der Waals surface area contributed by atoms with Crippen molar-refractivity contribution in [3.63, 3.8) is 0 Å². The van der Waals surface area contributed by atoms with Crippen molar-refractivity contribution in [3.05, 3.63) is 59.7 Å². The Morgan fingerprint density at radius 1 is 1.28 bits per heavy atom. The molecule has 18 heavy (non-hydrogen) atoms. The maximum atomic E-state index is 11.6. The molecule has 0 fully saturated rings. The van der Waals surface area contributed by atoms with E-state index >= 15 is 0 Å². The van der Waals surface area contributed by atoms with Crippen molar-refractivity contribution in [1.82, 2.24) is 0 Å². The van der Waals surface area contributed by atoms with Crippen LogP contribution < -0.4 is 5.73 Å². The lowest BCUT2D eigenvalue weighted by Gasteiger charge is -2.02. The molecule has 1 amide bonds. The molecule has 94 valence electrons. The van der Waals surface area contributed by atoms with Crippen molar-refractivity contribution >= 4 is 11.9 Å². The standard InChI is InChI=1S/C14H15NO3/c1-2-3-4-5-9-18-14(17)12-8-6-7-11(10-12)13(15)16/h2-8,10H,9H2,1H3,(H2,15,16). The average molecular weight is 245 g/mol. The van der Waals surface area contributed by atoms with Gasteiger partial charge in [0.2, 0.25) is 5.91 Å². The highest BCUT2D eigenvalue weighted by Gasteiger charge is 2.08. The van der Waals surface area contributed by atoms with Gasteiger partial charge in [0.25, 0.3) is 0 Å². The van der Waals surface area contributed by atoms with Crippen LogP contribution >= 0.6 is 0 Å². The van der Waals surface area contributed by atoms with Gasteiger partial charge in [-0.15, -0.1) is 0 Å². The van der Waals surface area contributed by atoms with Crippen molar-refractivity contribution in [2.45, 2.75) is 6.92 Å². The number of hydrogen-bond donors (Lipinski definition) is 1. The smallest absolute Gasteiger partial charge is 0.338 e. The van der Waals surface area contributed by atoms with Crippen LogP contribution in [0.3, 0.4) is 0 Å². The molecular weight excluding hydrogens is 230 g/mol. The number of ether oxygens (including phenoxy) is 1. The van der Waals surface area contributed by atoms with E-state index in [4.69, 9.17) is 10.5 Å². The van der Waals surface area contributed by atoms with Crippen molar-refractivity contribution in [2.75, 3.05) is 6.61 Å². The number of primary amides is 1. The third-order valence-corrected chi connectivity index (χ3v) is 2.13. The Labute approximate surface area is 106 Å². The second-order valence-corrected chi connectivity index (χ2v) is 3.50. The Kier molecular flexibility index (Phi) is 5.38. The first kappa shape index (κ1) is 13.7. The molecular formula is C14H15NO3. The van der Waals surface area contributed by atoms with E-state index < -0.39 is 11.9 Å². The maximum Gasteiger partial charge on any atom is 0.338 e. The first-order valence-electron chi connectivity index (χ1n) is 5.50. The molecule has 0 aromatic heterocycles. The van der Waals surface area contributed by atoms with Crippen LogP contribution in [-0.2, 0) is 4.74 Å². The van der Waals surface area contributed by atoms with Gasteiger partial charge in [-0.25, -0.2) is 4.79 Å². The van der Waals surface area contributed by atoms with Crippen LogP contribution in [0.4, 0.5) is 0 Å². The quantitative estimate of drug-likeness (QED) is 0.637. The Balaban J connectivity index is 2.61. The number of amides is 1. The van der Waals surface area contributed by atoms with Crippen molar-refractivity contribution in [1.29, 1.82) is 0 Å². The first-order chi connectivity index (χ1) is 8.65. The number of benzene rings is 1. The van der Waals surface area contributed by atoms with E-state index in [1.165, 1.54) is 6.07 Å². The Bertz CT molecular complexity index is 490. The average Bonchev–Trinajstić information content (AvgIpc) is 2.38. The normalized spacial score (nSPS) is 10.9. The number of carbonyl (C=O) groups is 2. The zero-order valence-corrected chi connectivity index (χ0v) is 10.1. The molecule has 0 aliphatic carbocycles. The van der Waals surface area contributed by atoms with Crippen LogP contribution in [0.5, 0.6) is 0 Å². The molecule has 1 rings (SSSR count). The summed E-state index contributed by atoms with van der Waals surface area (Å²) in [6.45, 7) is 2.08. The minimum absolute atomic E-state index is 0.184. The van der Waals surface area contributed by atoms with E-state index in [1.54, 1.807) is 30.4 Å². The molecule has 4 nitrogen and oxygen atoms in total. The summed E-state index contributed by atoms with van der Waals surface area (Å²) >= 11 is 0. The van der Waals surface area contributed by atoms with Crippen molar-refractivity contribution in [3.8, 4) is 0 Å². The molecule has 0 saturated heterocycles. The highest BCUT2D eigenvalue weighted by atomic mass is 16.5. The summed E-state index contributed by atoms with van der Waals surface area (Å²) in [6.07, 6.45) is 7.21. The molecule has 0 spiro atoms. The maximum absolute atomic E-state index is 11.6. The number of hydrogen-bond acceptors (Lipinski definition) is 3. The molecule has 2 N–H and O–H groups in total. The Hall–Kier alpha value is -2.36. The fourth-order valence-corrected chi connectivity index (χ4v) is 1.25. The van der Waals surface area contributed by atoms with E-state index in [0.29, 0.717) is 5.56 Å². The third-order valence-electron chi connectivity index (χ3n) is 2.13. The highest BCUT2D eigenvalue weighted by molar-refractivity contribution is 5.97. The van der Waals surface area contributed by atoms with Gasteiger partial charge in [0.05, 0.1) is 5.56 Å². The van der Waals surface area contributed by atoms with Crippen LogP contribution in [0, 0.1) is 0 Å². The summed E-state index contributed by atoms with van der Waals surface area (Å²) in [6, 6.07) is 6.13. The number of carbonyl (C=O) groups excluding carboxylic acids is 2. The number of rotatable bonds is 5. The monoisotopic (exact) mass is 245 g/mol. The van der Waals surface area contributed by atoms with E-state index in [1.807, 2.05) is 19.1 Å². The Morgan fingerprint density at radius 2 is 2.00 bits per heavy atom. The van der Waals surface area contributed by atoms with Gasteiger partial charge in [0, 0.05) is 5.56 Å². The zero-order chi connectivity index (χ0) is 13.4. The molecule has 0 saturated carbocycles. The van der Waals surface area contributed by atoms with Crippen LogP contribution in [0.1, 0.15) is 27.6 Å². The first-order valence-corrected chi connectivity index (χ1v) is 5.50. The topological polar surface area (TPSA) is 69.4 Å². The fraction of sp³-hybridized carbons (Fsp3) is 0.143. The minimum Gasteiger partial charge on any atom is -0.458 e. The van der Waals surface area contributed by atoms with E-state index in [2.05, 4.69) is 0 Å². The second kappa shape index (κ2) is 7.06. The van der Waals surface area contributed by atoms with Gasteiger partial charge in [0.1, 0.15) is 6.61 Å². The van der Waals surface area contributed by atoms with Gasteiger partial charge < -0.3 is 10.5 Å². The number of allylic oxidation sites excluding steroid dienone is 3. The molecule has 0 bridgehead atoms. The van der Waals surface area contributed by atoms with Gasteiger partial charge >= 0.3 is 5.97 Å². The third kappa shape index (κ3) is 4.25. The summed E-state index contributed by atoms with van der Waals surface area (Å²) < 4.78 is 5.00. The van der Waals surface area contributed by atoms with E-state index in [0.717, 1.165) is 0 Å². The highest BCUT2D eigenvalue weighted by Crippen LogP contribution is 2.06. The lowest BCUT2D eigenvalue weighted by Crippen LogP contribution is -2.12. The molecule has 0 atom stereocenters. The fourth-order valence-electron chi connectivity index (χ4n) is 1.25. The number of esters is 1. The van der Waals surface area contributed by atoms with Crippen LogP contribution in [0.25, 0.3) is 0 Å². The van der Waals surface area contributed by atoms with Gasteiger partial charge in [-0.3, -0.25) is 4.79 Å². The SMILES string of the molecule is CC=CC=CCOC(=O)c1cccc(C(N)=O)c1. The molecule has 0 heterocycles. The summed E-state index contributed by atoms with van der Waals surface area (Å²) in [5, 5.41) is 0. The molecule has 0 radical (unpaired) electrons. The lowest BCUT2D eigenvalue weighted by atomic mass is 10.1.